The van der Waals surface area contributed by atoms with Gasteiger partial charge in [0.15, 0.2) is 0 Å². The molecule has 78 valence electrons. The summed E-state index contributed by atoms with van der Waals surface area (Å²) in [5.74, 6) is -0.0922. The molecule has 1 unspecified atom stereocenters. The number of hydrogen-bond acceptors (Lipinski definition) is 2. The van der Waals surface area contributed by atoms with E-state index in [1.165, 1.54) is 5.56 Å². The Morgan fingerprint density at radius 1 is 1.06 bits per heavy atom. The first-order valence-corrected chi connectivity index (χ1v) is 5.23. The van der Waals surface area contributed by atoms with Crippen molar-refractivity contribution in [2.45, 2.75) is 12.3 Å². The molecule has 1 heterocycles. The molecule has 1 atom stereocenters. The molecule has 2 nitrogen and oxygen atoms in total. The van der Waals surface area contributed by atoms with E-state index >= 15 is 0 Å². The van der Waals surface area contributed by atoms with E-state index in [1.54, 1.807) is 12.4 Å². The summed E-state index contributed by atoms with van der Waals surface area (Å²) < 4.78 is 0. The zero-order chi connectivity index (χ0) is 11.2. The minimum Gasteiger partial charge on any atom is -0.265 e. The van der Waals surface area contributed by atoms with Crippen LogP contribution in [-0.2, 0) is 6.42 Å². The fourth-order valence-electron chi connectivity index (χ4n) is 1.68. The number of benzene rings is 1. The van der Waals surface area contributed by atoms with Gasteiger partial charge >= 0.3 is 0 Å². The first kappa shape index (κ1) is 10.4. The van der Waals surface area contributed by atoms with Crippen LogP contribution in [0, 0.1) is 11.3 Å². The second-order valence-corrected chi connectivity index (χ2v) is 3.65. The van der Waals surface area contributed by atoms with Crippen molar-refractivity contribution in [3.05, 3.63) is 66.0 Å². The molecule has 1 aromatic heterocycles. The summed E-state index contributed by atoms with van der Waals surface area (Å²) in [6.07, 6.45) is 4.21. The number of aromatic nitrogens is 1. The average Bonchev–Trinajstić information content (AvgIpc) is 2.38. The highest BCUT2D eigenvalue weighted by atomic mass is 14.6. The van der Waals surface area contributed by atoms with Gasteiger partial charge in [-0.2, -0.15) is 5.26 Å². The Hall–Kier alpha value is -2.14. The van der Waals surface area contributed by atoms with E-state index in [0.717, 1.165) is 12.0 Å². The lowest BCUT2D eigenvalue weighted by Crippen LogP contribution is -2.00. The zero-order valence-corrected chi connectivity index (χ0v) is 8.88. The van der Waals surface area contributed by atoms with Gasteiger partial charge in [0.25, 0.3) is 0 Å². The fourth-order valence-corrected chi connectivity index (χ4v) is 1.68. The molecule has 0 aliphatic carbocycles. The maximum absolute atomic E-state index is 9.17. The molecule has 0 saturated heterocycles. The molecule has 0 aliphatic heterocycles. The van der Waals surface area contributed by atoms with Crippen molar-refractivity contribution < 1.29 is 0 Å². The van der Waals surface area contributed by atoms with Crippen LogP contribution in [0.3, 0.4) is 0 Å². The van der Waals surface area contributed by atoms with Gasteiger partial charge in [-0.3, -0.25) is 4.98 Å². The van der Waals surface area contributed by atoms with Crippen LogP contribution in [0.25, 0.3) is 0 Å². The summed E-state index contributed by atoms with van der Waals surface area (Å²) in [5, 5.41) is 9.17. The number of hydrogen-bond donors (Lipinski definition) is 0. The average molecular weight is 208 g/mol. The van der Waals surface area contributed by atoms with Crippen molar-refractivity contribution in [3.8, 4) is 6.07 Å². The van der Waals surface area contributed by atoms with E-state index in [1.807, 2.05) is 42.5 Å². The van der Waals surface area contributed by atoms with Crippen LogP contribution < -0.4 is 0 Å². The van der Waals surface area contributed by atoms with Crippen LogP contribution in [0.2, 0.25) is 0 Å². The normalized spacial score (nSPS) is 11.7. The SMILES string of the molecule is N#CC(Cc1ccccc1)c1ccncc1. The molecule has 2 heteroatoms. The van der Waals surface area contributed by atoms with Crippen LogP contribution in [0.1, 0.15) is 17.0 Å². The van der Waals surface area contributed by atoms with Crippen molar-refractivity contribution >= 4 is 0 Å². The highest BCUT2D eigenvalue weighted by Gasteiger charge is 2.10. The molecule has 0 aliphatic rings. The number of nitriles is 1. The topological polar surface area (TPSA) is 36.7 Å². The molecule has 2 rings (SSSR count). The van der Waals surface area contributed by atoms with E-state index in [0.29, 0.717) is 0 Å². The van der Waals surface area contributed by atoms with Gasteiger partial charge in [0.1, 0.15) is 0 Å². The summed E-state index contributed by atoms with van der Waals surface area (Å²) in [4.78, 5) is 3.96. The van der Waals surface area contributed by atoms with Crippen LogP contribution in [-0.4, -0.2) is 4.98 Å². The Kier molecular flexibility index (Phi) is 3.30. The van der Waals surface area contributed by atoms with Crippen LogP contribution >= 0.6 is 0 Å². The van der Waals surface area contributed by atoms with Gasteiger partial charge in [-0.25, -0.2) is 0 Å². The van der Waals surface area contributed by atoms with Gasteiger partial charge in [0.2, 0.25) is 0 Å². The van der Waals surface area contributed by atoms with Gasteiger partial charge in [-0.05, 0) is 29.7 Å². The van der Waals surface area contributed by atoms with Gasteiger partial charge in [0, 0.05) is 12.4 Å². The highest BCUT2D eigenvalue weighted by Crippen LogP contribution is 2.19. The molecule has 0 N–H and O–H groups in total. The third-order valence-corrected chi connectivity index (χ3v) is 2.55. The Labute approximate surface area is 95.2 Å². The Morgan fingerprint density at radius 2 is 1.75 bits per heavy atom. The lowest BCUT2D eigenvalue weighted by Gasteiger charge is -2.08. The molecule has 0 spiro atoms. The molecule has 0 bridgehead atoms. The molecule has 0 fully saturated rings. The van der Waals surface area contributed by atoms with Gasteiger partial charge in [-0.15, -0.1) is 0 Å². The lowest BCUT2D eigenvalue weighted by atomic mass is 9.94. The van der Waals surface area contributed by atoms with Gasteiger partial charge < -0.3 is 0 Å². The van der Waals surface area contributed by atoms with Crippen LogP contribution in [0.15, 0.2) is 54.9 Å². The van der Waals surface area contributed by atoms with Crippen molar-refractivity contribution in [2.75, 3.05) is 0 Å². The summed E-state index contributed by atoms with van der Waals surface area (Å²) in [7, 11) is 0. The third kappa shape index (κ3) is 2.46. The largest absolute Gasteiger partial charge is 0.265 e. The molecular weight excluding hydrogens is 196 g/mol. The number of rotatable bonds is 3. The van der Waals surface area contributed by atoms with Crippen molar-refractivity contribution in [2.24, 2.45) is 0 Å². The monoisotopic (exact) mass is 208 g/mol. The number of pyridine rings is 1. The summed E-state index contributed by atoms with van der Waals surface area (Å²) >= 11 is 0. The Bertz CT molecular complexity index is 471. The smallest absolute Gasteiger partial charge is 0.0754 e. The standard InChI is InChI=1S/C14H12N2/c15-11-14(13-6-8-16-9-7-13)10-12-4-2-1-3-5-12/h1-9,14H,10H2. The van der Waals surface area contributed by atoms with Gasteiger partial charge in [-0.1, -0.05) is 30.3 Å². The minimum atomic E-state index is -0.0922. The predicted octanol–water partition coefficient (Wildman–Crippen LogP) is 2.93. The second-order valence-electron chi connectivity index (χ2n) is 3.65. The molecule has 0 radical (unpaired) electrons. The minimum absolute atomic E-state index is 0.0922. The van der Waals surface area contributed by atoms with Gasteiger partial charge in [0.05, 0.1) is 12.0 Å². The second kappa shape index (κ2) is 5.09. The van der Waals surface area contributed by atoms with Crippen molar-refractivity contribution in [1.29, 1.82) is 5.26 Å². The lowest BCUT2D eigenvalue weighted by molar-refractivity contribution is 0.846. The van der Waals surface area contributed by atoms with E-state index in [9.17, 15) is 5.26 Å². The van der Waals surface area contributed by atoms with Crippen LogP contribution in [0.4, 0.5) is 0 Å². The molecule has 1 aromatic carbocycles. The molecule has 0 amide bonds. The highest BCUT2D eigenvalue weighted by molar-refractivity contribution is 5.27. The van der Waals surface area contributed by atoms with Crippen molar-refractivity contribution in [1.82, 2.24) is 4.98 Å². The predicted molar refractivity (Wildman–Crippen MR) is 62.7 cm³/mol. The van der Waals surface area contributed by atoms with E-state index < -0.39 is 0 Å². The first-order chi connectivity index (χ1) is 7.90. The van der Waals surface area contributed by atoms with E-state index in [-0.39, 0.29) is 5.92 Å². The molecule has 2 aromatic rings. The maximum Gasteiger partial charge on any atom is 0.0754 e. The van der Waals surface area contributed by atoms with Crippen LogP contribution in [0.5, 0.6) is 0 Å². The van der Waals surface area contributed by atoms with Crippen molar-refractivity contribution in [3.63, 3.8) is 0 Å². The summed E-state index contributed by atoms with van der Waals surface area (Å²) in [6.45, 7) is 0. The molecule has 0 saturated carbocycles. The van der Waals surface area contributed by atoms with E-state index in [2.05, 4.69) is 11.1 Å². The summed E-state index contributed by atoms with van der Waals surface area (Å²) in [5.41, 5.74) is 2.22. The molecular formula is C14H12N2. The summed E-state index contributed by atoms with van der Waals surface area (Å²) in [6, 6.07) is 16.2. The number of nitrogens with zero attached hydrogens (tertiary/aromatic N) is 2. The quantitative estimate of drug-likeness (QED) is 0.777. The Balaban J connectivity index is 2.17. The van der Waals surface area contributed by atoms with E-state index in [4.69, 9.17) is 0 Å². The molecule has 16 heavy (non-hydrogen) atoms. The Morgan fingerprint density at radius 3 is 2.38 bits per heavy atom. The zero-order valence-electron chi connectivity index (χ0n) is 8.88. The maximum atomic E-state index is 9.17. The fraction of sp³-hybridized carbons (Fsp3) is 0.143. The third-order valence-electron chi connectivity index (χ3n) is 2.55. The first-order valence-electron chi connectivity index (χ1n) is 5.23.